The minimum atomic E-state index is -0.383. The highest BCUT2D eigenvalue weighted by molar-refractivity contribution is 9.10. The number of furan rings is 1. The van der Waals surface area contributed by atoms with Crippen LogP contribution in [0.25, 0.3) is 6.08 Å². The van der Waals surface area contributed by atoms with Gasteiger partial charge in [-0.25, -0.2) is 0 Å². The lowest BCUT2D eigenvalue weighted by Crippen LogP contribution is -2.23. The molecule has 0 atom stereocenters. The molecule has 1 N–H and O–H groups in total. The smallest absolute Gasteiger partial charge is 0.286 e. The first kappa shape index (κ1) is 12.1. The number of carbonyl (C=O) groups is 2. The largest absolute Gasteiger partial charge is 0.450 e. The van der Waals surface area contributed by atoms with Crippen LogP contribution in [0.5, 0.6) is 0 Å². The number of nitrogens with zero attached hydrogens (tertiary/aromatic N) is 1. The van der Waals surface area contributed by atoms with Crippen LogP contribution in [0.4, 0.5) is 0 Å². The molecule has 2 heterocycles. The second-order valence-electron chi connectivity index (χ2n) is 3.16. The second-order valence-corrected chi connectivity index (χ2v) is 4.97. The molecule has 0 unspecified atom stereocenters. The molecule has 1 aliphatic rings. The number of rotatable bonds is 1. The van der Waals surface area contributed by atoms with Gasteiger partial charge >= 0.3 is 0 Å². The van der Waals surface area contributed by atoms with Gasteiger partial charge in [0.15, 0.2) is 9.84 Å². The van der Waals surface area contributed by atoms with Gasteiger partial charge in [0.1, 0.15) is 5.76 Å². The summed E-state index contributed by atoms with van der Waals surface area (Å²) in [6.45, 7) is 1.36. The predicted octanol–water partition coefficient (Wildman–Crippen LogP) is 2.15. The maximum atomic E-state index is 11.5. The summed E-state index contributed by atoms with van der Waals surface area (Å²) in [6, 6.07) is 3.45. The number of amides is 2. The molecule has 0 spiro atoms. The van der Waals surface area contributed by atoms with Gasteiger partial charge in [-0.05, 0) is 39.8 Å². The van der Waals surface area contributed by atoms with Crippen molar-refractivity contribution in [1.82, 2.24) is 5.32 Å². The number of amidine groups is 1. The Kier molecular flexibility index (Phi) is 3.49. The van der Waals surface area contributed by atoms with Crippen molar-refractivity contribution in [2.45, 2.75) is 6.92 Å². The minimum absolute atomic E-state index is 0.258. The van der Waals surface area contributed by atoms with Crippen molar-refractivity contribution >= 4 is 50.7 Å². The third-order valence-electron chi connectivity index (χ3n) is 1.77. The molecule has 1 aromatic heterocycles. The highest BCUT2D eigenvalue weighted by atomic mass is 79.9. The number of halogens is 1. The van der Waals surface area contributed by atoms with E-state index in [0.29, 0.717) is 20.5 Å². The van der Waals surface area contributed by atoms with Gasteiger partial charge in [-0.1, -0.05) is 0 Å². The minimum Gasteiger partial charge on any atom is -0.450 e. The van der Waals surface area contributed by atoms with Crippen LogP contribution in [-0.2, 0) is 9.59 Å². The molecule has 0 saturated carbocycles. The summed E-state index contributed by atoms with van der Waals surface area (Å²) in [5, 5.41) is 2.76. The van der Waals surface area contributed by atoms with Crippen LogP contribution < -0.4 is 5.32 Å². The Morgan fingerprint density at radius 1 is 1.59 bits per heavy atom. The molecular weight excluding hydrogens is 308 g/mol. The van der Waals surface area contributed by atoms with Gasteiger partial charge < -0.3 is 9.73 Å². The lowest BCUT2D eigenvalue weighted by molar-refractivity contribution is -0.117. The summed E-state index contributed by atoms with van der Waals surface area (Å²) in [7, 11) is 0. The third-order valence-corrected chi connectivity index (χ3v) is 3.10. The highest BCUT2D eigenvalue weighted by Gasteiger charge is 2.22. The summed E-state index contributed by atoms with van der Waals surface area (Å²) >= 11 is 4.27. The van der Waals surface area contributed by atoms with Crippen LogP contribution >= 0.6 is 27.7 Å². The summed E-state index contributed by atoms with van der Waals surface area (Å²) < 4.78 is 5.83. The quantitative estimate of drug-likeness (QED) is 0.806. The van der Waals surface area contributed by atoms with E-state index in [-0.39, 0.29) is 11.8 Å². The standard InChI is InChI=1S/C10H7BrN2O3S/c1-5(14)12-10-13-9(15)7(17-10)4-6-2-3-8(11)16-6/h2-4H,1H3,(H,12,13,14,15)/b7-4-. The molecular formula is C10H7BrN2O3S. The monoisotopic (exact) mass is 314 g/mol. The zero-order chi connectivity index (χ0) is 12.4. The SMILES string of the molecule is CC(=O)NC1=NC(=O)/C(=C/c2ccc(Br)o2)S1. The molecule has 1 aromatic rings. The third kappa shape index (κ3) is 3.07. The summed E-state index contributed by atoms with van der Waals surface area (Å²) in [4.78, 5) is 26.4. The first-order chi connectivity index (χ1) is 8.04. The number of hydrogen-bond acceptors (Lipinski definition) is 4. The Morgan fingerprint density at radius 2 is 2.35 bits per heavy atom. The Hall–Kier alpha value is -1.34. The second kappa shape index (κ2) is 4.89. The Labute approximate surface area is 109 Å². The maximum absolute atomic E-state index is 11.5. The fourth-order valence-corrected chi connectivity index (χ4v) is 2.31. The van der Waals surface area contributed by atoms with E-state index < -0.39 is 0 Å². The predicted molar refractivity (Wildman–Crippen MR) is 68.2 cm³/mol. The molecule has 0 fully saturated rings. The fraction of sp³-hybridized carbons (Fsp3) is 0.100. The van der Waals surface area contributed by atoms with E-state index in [1.807, 2.05) is 0 Å². The van der Waals surface area contributed by atoms with Crippen molar-refractivity contribution < 1.29 is 14.0 Å². The first-order valence-corrected chi connectivity index (χ1v) is 6.21. The highest BCUT2D eigenvalue weighted by Crippen LogP contribution is 2.28. The van der Waals surface area contributed by atoms with Crippen molar-refractivity contribution in [3.05, 3.63) is 27.5 Å². The van der Waals surface area contributed by atoms with Crippen molar-refractivity contribution in [3.63, 3.8) is 0 Å². The Morgan fingerprint density at radius 3 is 2.94 bits per heavy atom. The van der Waals surface area contributed by atoms with Crippen LogP contribution in [-0.4, -0.2) is 17.0 Å². The van der Waals surface area contributed by atoms with Crippen LogP contribution in [0.1, 0.15) is 12.7 Å². The Bertz CT molecular complexity index is 548. The van der Waals surface area contributed by atoms with E-state index in [1.165, 1.54) is 6.92 Å². The van der Waals surface area contributed by atoms with Gasteiger partial charge in [-0.3, -0.25) is 9.59 Å². The fourth-order valence-electron chi connectivity index (χ4n) is 1.15. The van der Waals surface area contributed by atoms with E-state index >= 15 is 0 Å². The number of thioether (sulfide) groups is 1. The van der Waals surface area contributed by atoms with E-state index in [0.717, 1.165) is 11.8 Å². The van der Waals surface area contributed by atoms with Crippen molar-refractivity contribution in [2.75, 3.05) is 0 Å². The zero-order valence-electron chi connectivity index (χ0n) is 8.69. The van der Waals surface area contributed by atoms with Crippen molar-refractivity contribution in [3.8, 4) is 0 Å². The number of aliphatic imine (C=N–C) groups is 1. The van der Waals surface area contributed by atoms with Crippen LogP contribution in [0.3, 0.4) is 0 Å². The number of carbonyl (C=O) groups excluding carboxylic acids is 2. The van der Waals surface area contributed by atoms with Gasteiger partial charge in [0.05, 0.1) is 4.91 Å². The number of hydrogen-bond donors (Lipinski definition) is 1. The molecule has 7 heteroatoms. The first-order valence-electron chi connectivity index (χ1n) is 4.60. The normalized spacial score (nSPS) is 17.4. The molecule has 5 nitrogen and oxygen atoms in total. The lowest BCUT2D eigenvalue weighted by Gasteiger charge is -1.96. The molecule has 2 rings (SSSR count). The van der Waals surface area contributed by atoms with Gasteiger partial charge in [-0.2, -0.15) is 4.99 Å². The van der Waals surface area contributed by atoms with Gasteiger partial charge in [0.25, 0.3) is 5.91 Å². The average Bonchev–Trinajstić information content (AvgIpc) is 2.74. The molecule has 0 bridgehead atoms. The van der Waals surface area contributed by atoms with Crippen LogP contribution in [0, 0.1) is 0 Å². The Balaban J connectivity index is 2.14. The van der Waals surface area contributed by atoms with Gasteiger partial charge in [-0.15, -0.1) is 0 Å². The molecule has 2 amide bonds. The van der Waals surface area contributed by atoms with Crippen LogP contribution in [0.2, 0.25) is 0 Å². The van der Waals surface area contributed by atoms with Crippen molar-refractivity contribution in [2.24, 2.45) is 4.99 Å². The molecule has 0 aliphatic carbocycles. The molecule has 88 valence electrons. The number of nitrogens with one attached hydrogen (secondary N) is 1. The molecule has 17 heavy (non-hydrogen) atoms. The summed E-state index contributed by atoms with van der Waals surface area (Å²) in [5.41, 5.74) is 0. The lowest BCUT2D eigenvalue weighted by atomic mass is 10.4. The average molecular weight is 315 g/mol. The van der Waals surface area contributed by atoms with E-state index in [1.54, 1.807) is 18.2 Å². The summed E-state index contributed by atoms with van der Waals surface area (Å²) in [5.74, 6) is -0.0932. The molecule has 1 aliphatic heterocycles. The topological polar surface area (TPSA) is 71.7 Å². The molecule has 0 aromatic carbocycles. The maximum Gasteiger partial charge on any atom is 0.286 e. The zero-order valence-corrected chi connectivity index (χ0v) is 11.1. The van der Waals surface area contributed by atoms with Gasteiger partial charge in [0.2, 0.25) is 5.91 Å². The molecule has 0 saturated heterocycles. The van der Waals surface area contributed by atoms with Crippen molar-refractivity contribution in [1.29, 1.82) is 0 Å². The summed E-state index contributed by atoms with van der Waals surface area (Å²) in [6.07, 6.45) is 1.58. The van der Waals surface area contributed by atoms with Gasteiger partial charge in [0, 0.05) is 13.0 Å². The van der Waals surface area contributed by atoms with E-state index in [2.05, 4.69) is 26.2 Å². The van der Waals surface area contributed by atoms with E-state index in [4.69, 9.17) is 4.42 Å². The molecule has 0 radical (unpaired) electrons. The van der Waals surface area contributed by atoms with Crippen LogP contribution in [0.15, 0.2) is 31.1 Å². The van der Waals surface area contributed by atoms with E-state index in [9.17, 15) is 9.59 Å².